The fourth-order valence-electron chi connectivity index (χ4n) is 3.80. The van der Waals surface area contributed by atoms with Crippen molar-refractivity contribution in [2.24, 2.45) is 0 Å². The summed E-state index contributed by atoms with van der Waals surface area (Å²) >= 11 is 0. The van der Waals surface area contributed by atoms with Crippen molar-refractivity contribution in [2.75, 3.05) is 19.6 Å². The first kappa shape index (κ1) is 16.7. The molecule has 4 heterocycles. The lowest BCUT2D eigenvalue weighted by molar-refractivity contribution is -0.133. The van der Waals surface area contributed by atoms with Crippen LogP contribution in [0, 0.1) is 0 Å². The normalized spacial score (nSPS) is 20.1. The SMILES string of the molecule is CC(=O)N1CCCC(c2nnc3n2CCN(C(=O)Cn2cccn2)C3)C1. The zero-order chi connectivity index (χ0) is 18.1. The molecule has 2 amide bonds. The van der Waals surface area contributed by atoms with Crippen LogP contribution in [0.3, 0.4) is 0 Å². The van der Waals surface area contributed by atoms with Gasteiger partial charge in [-0.15, -0.1) is 10.2 Å². The summed E-state index contributed by atoms with van der Waals surface area (Å²) in [5.74, 6) is 2.14. The van der Waals surface area contributed by atoms with E-state index in [2.05, 4.69) is 19.9 Å². The summed E-state index contributed by atoms with van der Waals surface area (Å²) in [5.41, 5.74) is 0. The maximum Gasteiger partial charge on any atom is 0.244 e. The van der Waals surface area contributed by atoms with Gasteiger partial charge in [-0.3, -0.25) is 14.3 Å². The highest BCUT2D eigenvalue weighted by molar-refractivity contribution is 5.76. The van der Waals surface area contributed by atoms with Crippen molar-refractivity contribution in [1.82, 2.24) is 34.3 Å². The molecule has 1 unspecified atom stereocenters. The highest BCUT2D eigenvalue weighted by atomic mass is 16.2. The summed E-state index contributed by atoms with van der Waals surface area (Å²) in [7, 11) is 0. The minimum atomic E-state index is 0.0323. The molecule has 26 heavy (non-hydrogen) atoms. The second-order valence-corrected chi connectivity index (χ2v) is 6.95. The van der Waals surface area contributed by atoms with Crippen LogP contribution in [-0.2, 0) is 29.2 Å². The molecule has 9 nitrogen and oxygen atoms in total. The van der Waals surface area contributed by atoms with Crippen LogP contribution in [0.1, 0.15) is 37.3 Å². The molecule has 1 fully saturated rings. The zero-order valence-corrected chi connectivity index (χ0v) is 14.9. The minimum absolute atomic E-state index is 0.0323. The van der Waals surface area contributed by atoms with Gasteiger partial charge >= 0.3 is 0 Å². The van der Waals surface area contributed by atoms with E-state index in [-0.39, 0.29) is 24.3 Å². The number of rotatable bonds is 3. The van der Waals surface area contributed by atoms with Gasteiger partial charge in [-0.25, -0.2) is 0 Å². The van der Waals surface area contributed by atoms with E-state index in [0.717, 1.165) is 31.0 Å². The predicted molar refractivity (Wildman–Crippen MR) is 91.9 cm³/mol. The minimum Gasteiger partial charge on any atom is -0.342 e. The Morgan fingerprint density at radius 3 is 2.85 bits per heavy atom. The summed E-state index contributed by atoms with van der Waals surface area (Å²) in [6.45, 7) is 5.18. The molecule has 0 aromatic carbocycles. The number of hydrogen-bond acceptors (Lipinski definition) is 5. The molecule has 9 heteroatoms. The molecule has 0 radical (unpaired) electrons. The summed E-state index contributed by atoms with van der Waals surface area (Å²) in [6.07, 6.45) is 5.46. The highest BCUT2D eigenvalue weighted by Crippen LogP contribution is 2.27. The van der Waals surface area contributed by atoms with Gasteiger partial charge in [0.05, 0.1) is 6.54 Å². The predicted octanol–water partition coefficient (Wildman–Crippen LogP) is 0.243. The Labute approximate surface area is 151 Å². The molecule has 1 saturated heterocycles. The average Bonchev–Trinajstić information content (AvgIpc) is 3.30. The van der Waals surface area contributed by atoms with E-state index in [1.165, 1.54) is 0 Å². The largest absolute Gasteiger partial charge is 0.342 e. The zero-order valence-electron chi connectivity index (χ0n) is 14.9. The number of fused-ring (bicyclic) bond motifs is 1. The summed E-state index contributed by atoms with van der Waals surface area (Å²) in [5, 5.41) is 12.8. The molecule has 2 aromatic heterocycles. The van der Waals surface area contributed by atoms with Gasteiger partial charge in [-0.05, 0) is 18.9 Å². The van der Waals surface area contributed by atoms with Gasteiger partial charge in [0.2, 0.25) is 11.8 Å². The van der Waals surface area contributed by atoms with E-state index in [1.54, 1.807) is 35.0 Å². The Balaban J connectivity index is 1.45. The van der Waals surface area contributed by atoms with Crippen LogP contribution in [0.5, 0.6) is 0 Å². The number of carbonyl (C=O) groups is 2. The van der Waals surface area contributed by atoms with Gasteiger partial charge in [-0.1, -0.05) is 0 Å². The van der Waals surface area contributed by atoms with Crippen LogP contribution >= 0.6 is 0 Å². The maximum atomic E-state index is 12.5. The molecule has 0 spiro atoms. The van der Waals surface area contributed by atoms with Gasteiger partial charge in [0, 0.05) is 51.4 Å². The van der Waals surface area contributed by atoms with E-state index in [9.17, 15) is 9.59 Å². The molecule has 1 atom stereocenters. The molecule has 138 valence electrons. The quantitative estimate of drug-likeness (QED) is 0.785. The maximum absolute atomic E-state index is 12.5. The topological polar surface area (TPSA) is 89.2 Å². The summed E-state index contributed by atoms with van der Waals surface area (Å²) < 4.78 is 3.76. The van der Waals surface area contributed by atoms with Crippen molar-refractivity contribution < 1.29 is 9.59 Å². The molecule has 4 rings (SSSR count). The van der Waals surface area contributed by atoms with Crippen LogP contribution in [0.4, 0.5) is 0 Å². The molecule has 0 saturated carbocycles. The fraction of sp³-hybridized carbons (Fsp3) is 0.588. The summed E-state index contributed by atoms with van der Waals surface area (Å²) in [4.78, 5) is 27.8. The molecule has 0 N–H and O–H groups in total. The van der Waals surface area contributed by atoms with Gasteiger partial charge in [0.15, 0.2) is 5.82 Å². The first-order chi connectivity index (χ1) is 12.6. The van der Waals surface area contributed by atoms with Gasteiger partial charge in [-0.2, -0.15) is 5.10 Å². The monoisotopic (exact) mass is 357 g/mol. The van der Waals surface area contributed by atoms with E-state index in [1.807, 2.05) is 4.90 Å². The van der Waals surface area contributed by atoms with Crippen molar-refractivity contribution in [2.45, 2.75) is 45.3 Å². The van der Waals surface area contributed by atoms with Gasteiger partial charge in [0.25, 0.3) is 0 Å². The van der Waals surface area contributed by atoms with Crippen LogP contribution in [0.2, 0.25) is 0 Å². The second-order valence-electron chi connectivity index (χ2n) is 6.95. The first-order valence-corrected chi connectivity index (χ1v) is 9.04. The number of likely N-dealkylation sites (tertiary alicyclic amines) is 1. The molecule has 2 aliphatic rings. The van der Waals surface area contributed by atoms with Crippen LogP contribution < -0.4 is 0 Å². The van der Waals surface area contributed by atoms with Crippen molar-refractivity contribution >= 4 is 11.8 Å². The summed E-state index contributed by atoms with van der Waals surface area (Å²) in [6, 6.07) is 1.81. The number of piperidine rings is 1. The number of nitrogens with zero attached hydrogens (tertiary/aromatic N) is 7. The number of aromatic nitrogens is 5. The molecule has 2 aliphatic heterocycles. The molecule has 2 aromatic rings. The second kappa shape index (κ2) is 6.89. The average molecular weight is 357 g/mol. The Bertz CT molecular complexity index is 798. The highest BCUT2D eigenvalue weighted by Gasteiger charge is 2.30. The third-order valence-corrected chi connectivity index (χ3v) is 5.22. The van der Waals surface area contributed by atoms with Crippen LogP contribution in [-0.4, -0.2) is 65.8 Å². The fourth-order valence-corrected chi connectivity index (χ4v) is 3.80. The smallest absolute Gasteiger partial charge is 0.244 e. The van der Waals surface area contributed by atoms with Crippen molar-refractivity contribution in [3.05, 3.63) is 30.1 Å². The molecular weight excluding hydrogens is 334 g/mol. The molecular formula is C17H23N7O2. The lowest BCUT2D eigenvalue weighted by Gasteiger charge is -2.33. The Morgan fingerprint density at radius 1 is 1.19 bits per heavy atom. The molecule has 0 bridgehead atoms. The van der Waals surface area contributed by atoms with Crippen molar-refractivity contribution in [3.8, 4) is 0 Å². The van der Waals surface area contributed by atoms with E-state index < -0.39 is 0 Å². The molecule has 0 aliphatic carbocycles. The number of carbonyl (C=O) groups excluding carboxylic acids is 2. The number of amides is 2. The van der Waals surface area contributed by atoms with Crippen molar-refractivity contribution in [3.63, 3.8) is 0 Å². The van der Waals surface area contributed by atoms with Crippen molar-refractivity contribution in [1.29, 1.82) is 0 Å². The Kier molecular flexibility index (Phi) is 4.44. The van der Waals surface area contributed by atoms with E-state index in [0.29, 0.717) is 26.2 Å². The third-order valence-electron chi connectivity index (χ3n) is 5.22. The third kappa shape index (κ3) is 3.21. The lowest BCUT2D eigenvalue weighted by Crippen LogP contribution is -2.42. The van der Waals surface area contributed by atoms with E-state index >= 15 is 0 Å². The van der Waals surface area contributed by atoms with E-state index in [4.69, 9.17) is 0 Å². The first-order valence-electron chi connectivity index (χ1n) is 9.04. The van der Waals surface area contributed by atoms with Crippen LogP contribution in [0.25, 0.3) is 0 Å². The lowest BCUT2D eigenvalue weighted by atomic mass is 9.97. The van der Waals surface area contributed by atoms with Gasteiger partial charge < -0.3 is 14.4 Å². The van der Waals surface area contributed by atoms with Gasteiger partial charge in [0.1, 0.15) is 12.4 Å². The Hall–Kier alpha value is -2.71. The standard InChI is InChI=1S/C17H23N7O2/c1-13(25)21-6-2-4-14(10-21)17-20-19-15-11-22(8-9-24(15)17)16(26)12-23-7-3-5-18-23/h3,5,7,14H,2,4,6,8-12H2,1H3. The number of hydrogen-bond donors (Lipinski definition) is 0. The Morgan fingerprint density at radius 2 is 2.08 bits per heavy atom. The van der Waals surface area contributed by atoms with Crippen LogP contribution in [0.15, 0.2) is 18.5 Å².